The number of rotatable bonds is 3. The van der Waals surface area contributed by atoms with E-state index in [0.717, 1.165) is 24.2 Å². The first-order valence-electron chi connectivity index (χ1n) is 6.59. The Balaban J connectivity index is 1.84. The number of hydrogen-bond acceptors (Lipinski definition) is 1. The highest BCUT2D eigenvalue weighted by atomic mass is 35.5. The summed E-state index contributed by atoms with van der Waals surface area (Å²) in [5, 5.41) is 3.28. The van der Waals surface area contributed by atoms with Gasteiger partial charge in [-0.1, -0.05) is 35.9 Å². The molecule has 0 amide bonds. The predicted octanol–water partition coefficient (Wildman–Crippen LogP) is 4.70. The second-order valence-corrected chi connectivity index (χ2v) is 5.39. The van der Waals surface area contributed by atoms with Gasteiger partial charge in [0.05, 0.1) is 5.02 Å². The first-order valence-corrected chi connectivity index (χ1v) is 6.96. The zero-order valence-electron chi connectivity index (χ0n) is 10.8. The number of halogens is 3. The molecule has 104 valence electrons. The van der Waals surface area contributed by atoms with Crippen molar-refractivity contribution in [3.8, 4) is 0 Å². The lowest BCUT2D eigenvalue weighted by Crippen LogP contribution is -2.02. The molecule has 0 saturated heterocycles. The summed E-state index contributed by atoms with van der Waals surface area (Å²) in [7, 11) is 0. The van der Waals surface area contributed by atoms with Crippen LogP contribution in [0.25, 0.3) is 0 Å². The van der Waals surface area contributed by atoms with Crippen molar-refractivity contribution in [3.63, 3.8) is 0 Å². The molecule has 20 heavy (non-hydrogen) atoms. The summed E-state index contributed by atoms with van der Waals surface area (Å²) in [5.41, 5.74) is 3.30. The Bertz CT molecular complexity index is 642. The molecule has 0 aliphatic carbocycles. The monoisotopic (exact) mass is 293 g/mol. The summed E-state index contributed by atoms with van der Waals surface area (Å²) >= 11 is 5.63. The Labute approximate surface area is 121 Å². The Hall–Kier alpha value is -1.61. The van der Waals surface area contributed by atoms with Gasteiger partial charge in [-0.2, -0.15) is 0 Å². The number of alkyl halides is 1. The number of para-hydroxylation sites is 1. The van der Waals surface area contributed by atoms with Crippen molar-refractivity contribution in [3.05, 3.63) is 63.9 Å². The molecule has 0 fully saturated rings. The van der Waals surface area contributed by atoms with E-state index in [4.69, 9.17) is 11.6 Å². The van der Waals surface area contributed by atoms with Crippen LogP contribution in [-0.2, 0) is 12.8 Å². The van der Waals surface area contributed by atoms with Gasteiger partial charge in [-0.15, -0.1) is 0 Å². The smallest absolute Gasteiger partial charge is 0.142 e. The third-order valence-corrected chi connectivity index (χ3v) is 3.92. The number of benzene rings is 2. The molecule has 1 aliphatic rings. The predicted molar refractivity (Wildman–Crippen MR) is 77.6 cm³/mol. The Morgan fingerprint density at radius 3 is 2.90 bits per heavy atom. The Morgan fingerprint density at radius 1 is 1.25 bits per heavy atom. The van der Waals surface area contributed by atoms with Crippen LogP contribution < -0.4 is 5.32 Å². The minimum absolute atomic E-state index is 0.0615. The van der Waals surface area contributed by atoms with E-state index < -0.39 is 12.0 Å². The van der Waals surface area contributed by atoms with Crippen molar-refractivity contribution in [2.45, 2.75) is 19.0 Å². The topological polar surface area (TPSA) is 12.0 Å². The highest BCUT2D eigenvalue weighted by Gasteiger charge is 2.20. The summed E-state index contributed by atoms with van der Waals surface area (Å²) in [4.78, 5) is 0. The fourth-order valence-corrected chi connectivity index (χ4v) is 2.73. The standard InChI is InChI=1S/C16H14ClF2N/c17-13-5-4-10(9-15(13)19)8-14(18)12-3-1-2-11-6-7-20-16(11)12/h1-5,9,14,20H,6-8H2. The molecule has 0 saturated carbocycles. The third-order valence-electron chi connectivity index (χ3n) is 3.62. The second-order valence-electron chi connectivity index (χ2n) is 4.98. The Morgan fingerprint density at radius 2 is 2.10 bits per heavy atom. The number of hydrogen-bond donors (Lipinski definition) is 1. The van der Waals surface area contributed by atoms with Gasteiger partial charge in [0.1, 0.15) is 12.0 Å². The van der Waals surface area contributed by atoms with E-state index in [1.54, 1.807) is 12.1 Å². The zero-order chi connectivity index (χ0) is 14.1. The first kappa shape index (κ1) is 13.4. The SMILES string of the molecule is Fc1cc(CC(F)c2cccc3c2NCC3)ccc1Cl. The van der Waals surface area contributed by atoms with Crippen LogP contribution in [0.1, 0.15) is 22.9 Å². The van der Waals surface area contributed by atoms with Crippen molar-refractivity contribution < 1.29 is 8.78 Å². The average Bonchev–Trinajstić information content (AvgIpc) is 2.91. The van der Waals surface area contributed by atoms with Crippen LogP contribution in [0, 0.1) is 5.82 Å². The molecule has 1 aliphatic heterocycles. The molecule has 2 aromatic carbocycles. The number of anilines is 1. The minimum atomic E-state index is -1.16. The van der Waals surface area contributed by atoms with Crippen LogP contribution in [0.2, 0.25) is 5.02 Å². The molecule has 1 nitrogen and oxygen atoms in total. The van der Waals surface area contributed by atoms with Crippen molar-refractivity contribution >= 4 is 17.3 Å². The normalized spacial score (nSPS) is 14.8. The van der Waals surface area contributed by atoms with Gasteiger partial charge in [0.15, 0.2) is 0 Å². The summed E-state index contributed by atoms with van der Waals surface area (Å²) < 4.78 is 27.9. The maximum Gasteiger partial charge on any atom is 0.142 e. The molecule has 1 unspecified atom stereocenters. The lowest BCUT2D eigenvalue weighted by molar-refractivity contribution is 0.343. The van der Waals surface area contributed by atoms with Crippen molar-refractivity contribution in [1.82, 2.24) is 0 Å². The molecule has 0 bridgehead atoms. The lowest BCUT2D eigenvalue weighted by atomic mass is 9.99. The highest BCUT2D eigenvalue weighted by Crippen LogP contribution is 2.34. The van der Waals surface area contributed by atoms with E-state index in [1.165, 1.54) is 12.1 Å². The van der Waals surface area contributed by atoms with E-state index in [0.29, 0.717) is 11.1 Å². The highest BCUT2D eigenvalue weighted by molar-refractivity contribution is 6.30. The molecule has 4 heteroatoms. The summed E-state index contributed by atoms with van der Waals surface area (Å²) in [6, 6.07) is 10.1. The van der Waals surface area contributed by atoms with Crippen LogP contribution in [0.4, 0.5) is 14.5 Å². The van der Waals surface area contributed by atoms with Crippen molar-refractivity contribution in [2.24, 2.45) is 0 Å². The van der Waals surface area contributed by atoms with Gasteiger partial charge in [-0.25, -0.2) is 8.78 Å². The average molecular weight is 294 g/mol. The van der Waals surface area contributed by atoms with Gasteiger partial charge in [0.2, 0.25) is 0 Å². The van der Waals surface area contributed by atoms with Crippen LogP contribution in [-0.4, -0.2) is 6.54 Å². The van der Waals surface area contributed by atoms with Crippen LogP contribution in [0.3, 0.4) is 0 Å². The molecule has 1 heterocycles. The minimum Gasteiger partial charge on any atom is -0.384 e. The van der Waals surface area contributed by atoms with E-state index in [-0.39, 0.29) is 11.4 Å². The summed E-state index contributed by atoms with van der Waals surface area (Å²) in [6.45, 7) is 0.842. The third kappa shape index (κ3) is 2.50. The van der Waals surface area contributed by atoms with Gasteiger partial charge in [0, 0.05) is 24.2 Å². The van der Waals surface area contributed by atoms with E-state index in [9.17, 15) is 8.78 Å². The van der Waals surface area contributed by atoms with Gasteiger partial charge in [-0.05, 0) is 29.7 Å². The molecule has 2 aromatic rings. The maximum absolute atomic E-state index is 14.5. The number of fused-ring (bicyclic) bond motifs is 1. The van der Waals surface area contributed by atoms with Crippen LogP contribution in [0.5, 0.6) is 0 Å². The second kappa shape index (κ2) is 5.41. The van der Waals surface area contributed by atoms with Gasteiger partial charge >= 0.3 is 0 Å². The summed E-state index contributed by atoms with van der Waals surface area (Å²) in [6.07, 6.45) is -0.0892. The fraction of sp³-hybridized carbons (Fsp3) is 0.250. The zero-order valence-corrected chi connectivity index (χ0v) is 11.6. The van der Waals surface area contributed by atoms with E-state index in [1.807, 2.05) is 12.1 Å². The molecule has 0 spiro atoms. The molecule has 0 radical (unpaired) electrons. The largest absolute Gasteiger partial charge is 0.384 e. The number of nitrogens with one attached hydrogen (secondary N) is 1. The molecular weight excluding hydrogens is 280 g/mol. The van der Waals surface area contributed by atoms with Crippen LogP contribution in [0.15, 0.2) is 36.4 Å². The van der Waals surface area contributed by atoms with Gasteiger partial charge < -0.3 is 5.32 Å². The fourth-order valence-electron chi connectivity index (χ4n) is 2.61. The molecule has 1 atom stereocenters. The van der Waals surface area contributed by atoms with Crippen molar-refractivity contribution in [2.75, 3.05) is 11.9 Å². The quantitative estimate of drug-likeness (QED) is 0.865. The van der Waals surface area contributed by atoms with Crippen molar-refractivity contribution in [1.29, 1.82) is 0 Å². The lowest BCUT2D eigenvalue weighted by Gasteiger charge is -2.13. The van der Waals surface area contributed by atoms with E-state index in [2.05, 4.69) is 5.32 Å². The van der Waals surface area contributed by atoms with Gasteiger partial charge in [0.25, 0.3) is 0 Å². The first-order chi connectivity index (χ1) is 9.65. The van der Waals surface area contributed by atoms with Gasteiger partial charge in [-0.3, -0.25) is 0 Å². The molecule has 0 aromatic heterocycles. The molecule has 3 rings (SSSR count). The summed E-state index contributed by atoms with van der Waals surface area (Å²) in [5.74, 6) is -0.507. The Kier molecular flexibility index (Phi) is 3.62. The maximum atomic E-state index is 14.5. The van der Waals surface area contributed by atoms with Crippen LogP contribution >= 0.6 is 11.6 Å². The van der Waals surface area contributed by atoms with E-state index >= 15 is 0 Å². The molecular formula is C16H14ClF2N. The molecule has 1 N–H and O–H groups in total.